The Bertz CT molecular complexity index is 696. The van der Waals surface area contributed by atoms with Gasteiger partial charge in [-0.05, 0) is 26.8 Å². The largest absolute Gasteiger partial charge is 0.462 e. The van der Waals surface area contributed by atoms with E-state index in [1.54, 1.807) is 20.8 Å². The Morgan fingerprint density at radius 1 is 1.22 bits per heavy atom. The first-order valence-electron chi connectivity index (χ1n) is 7.17. The maximum atomic E-state index is 12.9. The van der Waals surface area contributed by atoms with Gasteiger partial charge < -0.3 is 22.7 Å². The molecule has 0 aliphatic heterocycles. The molecule has 0 spiro atoms. The minimum Gasteiger partial charge on any atom is -0.462 e. The predicted molar refractivity (Wildman–Crippen MR) is 80.7 cm³/mol. The second-order valence-corrected chi connectivity index (χ2v) is 6.26. The molecule has 2 heterocycles. The van der Waals surface area contributed by atoms with Crippen molar-refractivity contribution in [2.75, 3.05) is 19.8 Å². The molecule has 126 valence electrons. The molecule has 0 fully saturated rings. The molecule has 0 amide bonds. The van der Waals surface area contributed by atoms with E-state index < -0.39 is 13.6 Å². The van der Waals surface area contributed by atoms with Gasteiger partial charge in [0, 0.05) is 6.07 Å². The number of esters is 1. The van der Waals surface area contributed by atoms with Gasteiger partial charge in [0.25, 0.3) is 0 Å². The number of carbonyl (C=O) groups is 1. The van der Waals surface area contributed by atoms with E-state index in [4.69, 9.17) is 22.7 Å². The van der Waals surface area contributed by atoms with Gasteiger partial charge in [0.2, 0.25) is 5.76 Å². The van der Waals surface area contributed by atoms with Crippen molar-refractivity contribution in [3.63, 3.8) is 0 Å². The molecule has 0 saturated carbocycles. The van der Waals surface area contributed by atoms with Crippen LogP contribution in [0.25, 0.3) is 11.5 Å². The number of ether oxygens (including phenoxy) is 1. The second kappa shape index (κ2) is 7.59. The van der Waals surface area contributed by atoms with Crippen molar-refractivity contribution in [3.8, 4) is 11.5 Å². The van der Waals surface area contributed by atoms with Gasteiger partial charge in [0.15, 0.2) is 11.5 Å². The zero-order chi connectivity index (χ0) is 16.9. The van der Waals surface area contributed by atoms with Crippen molar-refractivity contribution in [1.29, 1.82) is 0 Å². The maximum absolute atomic E-state index is 12.9. The predicted octanol–water partition coefficient (Wildman–Crippen LogP) is 3.00. The van der Waals surface area contributed by atoms with Gasteiger partial charge in [-0.15, -0.1) is 0 Å². The minimum absolute atomic E-state index is 0.0770. The Labute approximate surface area is 133 Å². The van der Waals surface area contributed by atoms with Gasteiger partial charge >= 0.3 is 13.6 Å². The topological polar surface area (TPSA) is 101 Å². The lowest BCUT2D eigenvalue weighted by atomic mass is 10.3. The summed E-state index contributed by atoms with van der Waals surface area (Å²) < 4.78 is 38.5. The molecule has 0 atom stereocenters. The standard InChI is InChI=1S/C14H18NO7P/c1-4-18-14(16)11-9-10(15-22-11)13-12(7-8-19-13)23(17,20-5-2)21-6-3/h7-9H,4-6H2,1-3H3. The average molecular weight is 343 g/mol. The number of carbonyl (C=O) groups excluding carboxylic acids is 1. The zero-order valence-electron chi connectivity index (χ0n) is 13.1. The normalized spacial score (nSPS) is 11.6. The van der Waals surface area contributed by atoms with Gasteiger partial charge in [-0.3, -0.25) is 4.57 Å². The lowest BCUT2D eigenvalue weighted by molar-refractivity contribution is 0.0479. The molecule has 8 nitrogen and oxygen atoms in total. The van der Waals surface area contributed by atoms with Crippen LogP contribution in [0.1, 0.15) is 31.3 Å². The molecule has 2 aromatic rings. The molecule has 0 aliphatic rings. The minimum atomic E-state index is -3.55. The SMILES string of the molecule is CCOC(=O)c1cc(-c2occc2P(=O)(OCC)OCC)no1. The summed E-state index contributed by atoms with van der Waals surface area (Å²) >= 11 is 0. The van der Waals surface area contributed by atoms with Crippen LogP contribution in [0.15, 0.2) is 27.3 Å². The first-order valence-corrected chi connectivity index (χ1v) is 8.71. The summed E-state index contributed by atoms with van der Waals surface area (Å²) in [6.07, 6.45) is 1.34. The first kappa shape index (κ1) is 17.5. The molecule has 0 radical (unpaired) electrons. The van der Waals surface area contributed by atoms with Gasteiger partial charge in [0.1, 0.15) is 5.30 Å². The van der Waals surface area contributed by atoms with E-state index in [1.807, 2.05) is 0 Å². The Morgan fingerprint density at radius 3 is 2.52 bits per heavy atom. The molecule has 9 heteroatoms. The highest BCUT2D eigenvalue weighted by Crippen LogP contribution is 2.49. The Balaban J connectivity index is 2.37. The van der Waals surface area contributed by atoms with Crippen molar-refractivity contribution in [2.45, 2.75) is 20.8 Å². The van der Waals surface area contributed by atoms with Crippen LogP contribution in [0.3, 0.4) is 0 Å². The lowest BCUT2D eigenvalue weighted by Crippen LogP contribution is -2.11. The number of hydrogen-bond acceptors (Lipinski definition) is 8. The van der Waals surface area contributed by atoms with Crippen LogP contribution in [0.5, 0.6) is 0 Å². The summed E-state index contributed by atoms with van der Waals surface area (Å²) in [5.41, 5.74) is 0.202. The van der Waals surface area contributed by atoms with Crippen LogP contribution in [0, 0.1) is 0 Å². The molecular formula is C14H18NO7P. The van der Waals surface area contributed by atoms with Crippen LogP contribution < -0.4 is 5.30 Å². The maximum Gasteiger partial charge on any atom is 0.377 e. The summed E-state index contributed by atoms with van der Waals surface area (Å²) in [6.45, 7) is 5.72. The number of rotatable bonds is 8. The lowest BCUT2D eigenvalue weighted by Gasteiger charge is -2.16. The molecule has 0 N–H and O–H groups in total. The van der Waals surface area contributed by atoms with Crippen LogP contribution >= 0.6 is 7.60 Å². The summed E-state index contributed by atoms with van der Waals surface area (Å²) in [5, 5.41) is 3.98. The molecule has 0 unspecified atom stereocenters. The molecular weight excluding hydrogens is 325 g/mol. The van der Waals surface area contributed by atoms with Gasteiger partial charge in [-0.25, -0.2) is 4.79 Å². The summed E-state index contributed by atoms with van der Waals surface area (Å²) in [6, 6.07) is 2.84. The van der Waals surface area contributed by atoms with E-state index >= 15 is 0 Å². The molecule has 0 saturated heterocycles. The van der Waals surface area contributed by atoms with Crippen molar-refractivity contribution in [3.05, 3.63) is 24.2 Å². The van der Waals surface area contributed by atoms with Crippen molar-refractivity contribution < 1.29 is 32.1 Å². The van der Waals surface area contributed by atoms with Crippen LogP contribution in [-0.4, -0.2) is 30.9 Å². The van der Waals surface area contributed by atoms with E-state index in [9.17, 15) is 9.36 Å². The zero-order valence-corrected chi connectivity index (χ0v) is 14.0. The third-order valence-corrected chi connectivity index (χ3v) is 4.90. The summed E-state index contributed by atoms with van der Waals surface area (Å²) in [5.74, 6) is -0.557. The Hall–Kier alpha value is -1.89. The molecule has 2 aromatic heterocycles. The number of aromatic nitrogens is 1. The smallest absolute Gasteiger partial charge is 0.377 e. The monoisotopic (exact) mass is 343 g/mol. The fourth-order valence-electron chi connectivity index (χ4n) is 1.91. The third-order valence-electron chi connectivity index (χ3n) is 2.76. The van der Waals surface area contributed by atoms with E-state index in [0.29, 0.717) is 0 Å². The summed E-state index contributed by atoms with van der Waals surface area (Å²) in [7, 11) is -3.55. The fraction of sp³-hybridized carbons (Fsp3) is 0.429. The van der Waals surface area contributed by atoms with Gasteiger partial charge in [0.05, 0.1) is 26.1 Å². The van der Waals surface area contributed by atoms with Crippen molar-refractivity contribution in [1.82, 2.24) is 5.16 Å². The average Bonchev–Trinajstić information content (AvgIpc) is 3.17. The van der Waals surface area contributed by atoms with Crippen LogP contribution in [-0.2, 0) is 18.3 Å². The highest BCUT2D eigenvalue weighted by molar-refractivity contribution is 7.62. The van der Waals surface area contributed by atoms with Crippen molar-refractivity contribution >= 4 is 18.9 Å². The quantitative estimate of drug-likeness (QED) is 0.532. The van der Waals surface area contributed by atoms with E-state index in [-0.39, 0.29) is 42.3 Å². The highest BCUT2D eigenvalue weighted by Gasteiger charge is 2.33. The number of hydrogen-bond donors (Lipinski definition) is 0. The molecule has 0 bridgehead atoms. The van der Waals surface area contributed by atoms with Crippen LogP contribution in [0.4, 0.5) is 0 Å². The highest BCUT2D eigenvalue weighted by atomic mass is 31.2. The second-order valence-electron chi connectivity index (χ2n) is 4.26. The van der Waals surface area contributed by atoms with E-state index in [0.717, 1.165) is 0 Å². The van der Waals surface area contributed by atoms with Gasteiger partial charge in [-0.1, -0.05) is 5.16 Å². The number of furan rings is 1. The first-order chi connectivity index (χ1) is 11.1. The molecule has 2 rings (SSSR count). The molecule has 0 aromatic carbocycles. The number of nitrogens with zero attached hydrogens (tertiary/aromatic N) is 1. The summed E-state index contributed by atoms with van der Waals surface area (Å²) in [4.78, 5) is 11.6. The molecule has 0 aliphatic carbocycles. The van der Waals surface area contributed by atoms with Crippen molar-refractivity contribution in [2.24, 2.45) is 0 Å². The Kier molecular flexibility index (Phi) is 5.76. The fourth-order valence-corrected chi connectivity index (χ4v) is 3.60. The van der Waals surface area contributed by atoms with Crippen LogP contribution in [0.2, 0.25) is 0 Å². The van der Waals surface area contributed by atoms with E-state index in [2.05, 4.69) is 5.16 Å². The Morgan fingerprint density at radius 2 is 1.91 bits per heavy atom. The third kappa shape index (κ3) is 3.72. The van der Waals surface area contributed by atoms with Gasteiger partial charge in [-0.2, -0.15) is 0 Å². The molecule has 23 heavy (non-hydrogen) atoms. The van der Waals surface area contributed by atoms with E-state index in [1.165, 1.54) is 18.4 Å².